The quantitative estimate of drug-likeness (QED) is 0.255. The number of nitro benzene ring substituents is 1. The van der Waals surface area contributed by atoms with Crippen LogP contribution in [-0.4, -0.2) is 54.8 Å². The maximum absolute atomic E-state index is 11.9. The summed E-state index contributed by atoms with van der Waals surface area (Å²) in [5.74, 6) is 0.153. The number of amides is 1. The van der Waals surface area contributed by atoms with Crippen molar-refractivity contribution in [3.05, 3.63) is 34.4 Å². The van der Waals surface area contributed by atoms with Crippen molar-refractivity contribution in [1.29, 1.82) is 0 Å². The highest BCUT2D eigenvalue weighted by Crippen LogP contribution is 2.17. The first-order valence-corrected chi connectivity index (χ1v) is 7.51. The number of rotatable bonds is 6. The molecule has 0 aliphatic carbocycles. The lowest BCUT2D eigenvalue weighted by Gasteiger charge is -2.26. The number of nitrogens with zero attached hydrogens (tertiary/aromatic N) is 2. The normalized spacial score (nSPS) is 14.1. The Labute approximate surface area is 138 Å². The minimum absolute atomic E-state index is 0.00522. The van der Waals surface area contributed by atoms with Gasteiger partial charge in [-0.15, -0.1) is 0 Å². The van der Waals surface area contributed by atoms with Gasteiger partial charge in [0, 0.05) is 31.6 Å². The number of morpholine rings is 1. The summed E-state index contributed by atoms with van der Waals surface area (Å²) in [6.07, 6.45) is -0.237. The zero-order valence-corrected chi connectivity index (χ0v) is 13.0. The van der Waals surface area contributed by atoms with Crippen LogP contribution in [-0.2, 0) is 14.3 Å². The smallest absolute Gasteiger partial charge is 0.434 e. The highest BCUT2D eigenvalue weighted by molar-refractivity contribution is 5.76. The van der Waals surface area contributed by atoms with E-state index in [1.165, 1.54) is 24.3 Å². The van der Waals surface area contributed by atoms with Crippen LogP contribution in [0.4, 0.5) is 10.5 Å². The lowest BCUT2D eigenvalue weighted by molar-refractivity contribution is -0.384. The standard InChI is InChI=1S/C15H18N2O7/c18-14(16-7-10-22-11-8-16)2-1-9-23-15(19)24-13-5-3-12(4-6-13)17(20)21/h3-6H,1-2,7-11H2. The van der Waals surface area contributed by atoms with Crippen molar-refractivity contribution in [2.24, 2.45) is 0 Å². The van der Waals surface area contributed by atoms with Crippen LogP contribution in [0.1, 0.15) is 12.8 Å². The molecule has 1 aliphatic heterocycles. The number of carbonyl (C=O) groups excluding carboxylic acids is 2. The van der Waals surface area contributed by atoms with Gasteiger partial charge in [-0.05, 0) is 18.6 Å². The van der Waals surface area contributed by atoms with E-state index in [4.69, 9.17) is 14.2 Å². The van der Waals surface area contributed by atoms with Gasteiger partial charge in [0.1, 0.15) is 5.75 Å². The molecule has 1 heterocycles. The van der Waals surface area contributed by atoms with E-state index in [2.05, 4.69) is 0 Å². The third-order valence-corrected chi connectivity index (χ3v) is 3.37. The molecule has 0 saturated carbocycles. The van der Waals surface area contributed by atoms with Crippen LogP contribution in [0.5, 0.6) is 5.75 Å². The van der Waals surface area contributed by atoms with Gasteiger partial charge in [-0.3, -0.25) is 14.9 Å². The average molecular weight is 338 g/mol. The fraction of sp³-hybridized carbons (Fsp3) is 0.467. The van der Waals surface area contributed by atoms with E-state index in [0.29, 0.717) is 32.7 Å². The van der Waals surface area contributed by atoms with Gasteiger partial charge in [-0.1, -0.05) is 0 Å². The molecule has 1 saturated heterocycles. The van der Waals surface area contributed by atoms with Crippen molar-refractivity contribution in [1.82, 2.24) is 4.90 Å². The second kappa shape index (κ2) is 8.82. The Morgan fingerprint density at radius 1 is 1.21 bits per heavy atom. The second-order valence-corrected chi connectivity index (χ2v) is 5.05. The van der Waals surface area contributed by atoms with E-state index in [1.54, 1.807) is 4.90 Å². The highest BCUT2D eigenvalue weighted by atomic mass is 16.7. The van der Waals surface area contributed by atoms with Crippen molar-refractivity contribution in [3.8, 4) is 5.75 Å². The van der Waals surface area contributed by atoms with E-state index in [9.17, 15) is 19.7 Å². The molecule has 130 valence electrons. The molecule has 0 unspecified atom stereocenters. The number of hydrogen-bond acceptors (Lipinski definition) is 7. The van der Waals surface area contributed by atoms with Crippen LogP contribution in [0.3, 0.4) is 0 Å². The highest BCUT2D eigenvalue weighted by Gasteiger charge is 2.16. The van der Waals surface area contributed by atoms with Gasteiger partial charge in [0.15, 0.2) is 0 Å². The molecule has 1 aromatic rings. The molecule has 1 aliphatic rings. The summed E-state index contributed by atoms with van der Waals surface area (Å²) in [5.41, 5.74) is -0.0997. The van der Waals surface area contributed by atoms with Crippen LogP contribution in [0.25, 0.3) is 0 Å². The molecular formula is C15H18N2O7. The zero-order valence-electron chi connectivity index (χ0n) is 13.0. The SMILES string of the molecule is O=C(OCCCC(=O)N1CCOCC1)Oc1ccc([N+](=O)[O-])cc1. The predicted octanol–water partition coefficient (Wildman–Crippen LogP) is 1.75. The number of nitro groups is 1. The monoisotopic (exact) mass is 338 g/mol. The Hall–Kier alpha value is -2.68. The Bertz CT molecular complexity index is 582. The minimum Gasteiger partial charge on any atom is -0.434 e. The van der Waals surface area contributed by atoms with Gasteiger partial charge in [0.25, 0.3) is 5.69 Å². The van der Waals surface area contributed by atoms with E-state index >= 15 is 0 Å². The Morgan fingerprint density at radius 2 is 1.88 bits per heavy atom. The molecule has 0 N–H and O–H groups in total. The molecule has 0 aromatic heterocycles. The Morgan fingerprint density at radius 3 is 2.50 bits per heavy atom. The van der Waals surface area contributed by atoms with Gasteiger partial charge >= 0.3 is 6.16 Å². The summed E-state index contributed by atoms with van der Waals surface area (Å²) in [5, 5.41) is 10.5. The van der Waals surface area contributed by atoms with Crippen LogP contribution < -0.4 is 4.74 Å². The van der Waals surface area contributed by atoms with Gasteiger partial charge in [-0.2, -0.15) is 0 Å². The topological polar surface area (TPSA) is 108 Å². The molecule has 0 spiro atoms. The summed E-state index contributed by atoms with van der Waals surface area (Å²) in [6, 6.07) is 5.07. The van der Waals surface area contributed by atoms with Gasteiger partial charge in [-0.25, -0.2) is 4.79 Å². The molecule has 1 fully saturated rings. The number of hydrogen-bond donors (Lipinski definition) is 0. The summed E-state index contributed by atoms with van der Waals surface area (Å²) >= 11 is 0. The van der Waals surface area contributed by atoms with E-state index < -0.39 is 11.1 Å². The first-order valence-electron chi connectivity index (χ1n) is 7.51. The number of non-ortho nitro benzene ring substituents is 1. The average Bonchev–Trinajstić information content (AvgIpc) is 2.59. The van der Waals surface area contributed by atoms with Crippen LogP contribution >= 0.6 is 0 Å². The van der Waals surface area contributed by atoms with Crippen molar-refractivity contribution in [2.75, 3.05) is 32.9 Å². The summed E-state index contributed by atoms with van der Waals surface area (Å²) in [7, 11) is 0. The maximum atomic E-state index is 11.9. The third kappa shape index (κ3) is 5.51. The molecule has 9 heteroatoms. The molecule has 0 atom stereocenters. The number of carbonyl (C=O) groups is 2. The van der Waals surface area contributed by atoms with Crippen molar-refractivity contribution in [2.45, 2.75) is 12.8 Å². The second-order valence-electron chi connectivity index (χ2n) is 5.05. The molecule has 0 radical (unpaired) electrons. The van der Waals surface area contributed by atoms with Crippen molar-refractivity contribution in [3.63, 3.8) is 0 Å². The lowest BCUT2D eigenvalue weighted by atomic mass is 10.2. The summed E-state index contributed by atoms with van der Waals surface area (Å²) in [4.78, 5) is 35.0. The maximum Gasteiger partial charge on any atom is 0.513 e. The first kappa shape index (κ1) is 17.7. The fourth-order valence-electron chi connectivity index (χ4n) is 2.11. The molecule has 2 rings (SSSR count). The first-order chi connectivity index (χ1) is 11.6. The molecule has 1 amide bonds. The van der Waals surface area contributed by atoms with Crippen LogP contribution in [0, 0.1) is 10.1 Å². The predicted molar refractivity (Wildman–Crippen MR) is 81.7 cm³/mol. The van der Waals surface area contributed by atoms with Gasteiger partial charge in [0.2, 0.25) is 5.91 Å². The molecule has 24 heavy (non-hydrogen) atoms. The lowest BCUT2D eigenvalue weighted by Crippen LogP contribution is -2.40. The summed E-state index contributed by atoms with van der Waals surface area (Å²) in [6.45, 7) is 2.32. The van der Waals surface area contributed by atoms with E-state index in [0.717, 1.165) is 0 Å². The molecule has 1 aromatic carbocycles. The minimum atomic E-state index is -0.914. The third-order valence-electron chi connectivity index (χ3n) is 3.37. The van der Waals surface area contributed by atoms with Crippen LogP contribution in [0.15, 0.2) is 24.3 Å². The molecular weight excluding hydrogens is 320 g/mol. The van der Waals surface area contributed by atoms with Crippen molar-refractivity contribution >= 4 is 17.7 Å². The Kier molecular flexibility index (Phi) is 6.50. The van der Waals surface area contributed by atoms with Gasteiger partial charge < -0.3 is 19.1 Å². The molecule has 0 bridgehead atoms. The van der Waals surface area contributed by atoms with Gasteiger partial charge in [0.05, 0.1) is 24.7 Å². The number of benzene rings is 1. The van der Waals surface area contributed by atoms with E-state index in [1.807, 2.05) is 0 Å². The molecule has 9 nitrogen and oxygen atoms in total. The fourth-order valence-corrected chi connectivity index (χ4v) is 2.11. The van der Waals surface area contributed by atoms with Crippen LogP contribution in [0.2, 0.25) is 0 Å². The van der Waals surface area contributed by atoms with Crippen molar-refractivity contribution < 1.29 is 28.7 Å². The Balaban J connectivity index is 1.64. The number of ether oxygens (including phenoxy) is 3. The zero-order chi connectivity index (χ0) is 17.4. The largest absolute Gasteiger partial charge is 0.513 e. The summed E-state index contributed by atoms with van der Waals surface area (Å²) < 4.78 is 14.9. The van der Waals surface area contributed by atoms with E-state index in [-0.39, 0.29) is 30.4 Å².